The van der Waals surface area contributed by atoms with Crippen LogP contribution in [-0.2, 0) is 14.6 Å². The third-order valence-electron chi connectivity index (χ3n) is 1.91. The van der Waals surface area contributed by atoms with Crippen LogP contribution in [0, 0.1) is 5.92 Å². The van der Waals surface area contributed by atoms with Gasteiger partial charge in [-0.05, 0) is 5.92 Å². The Morgan fingerprint density at radius 1 is 1.47 bits per heavy atom. The van der Waals surface area contributed by atoms with Crippen LogP contribution >= 0.6 is 0 Å². The molecule has 0 heterocycles. The van der Waals surface area contributed by atoms with Crippen molar-refractivity contribution < 1.29 is 18.0 Å². The molecule has 0 aliphatic rings. The number of nitrogens with zero attached hydrogens (tertiary/aromatic N) is 2. The van der Waals surface area contributed by atoms with Gasteiger partial charge < -0.3 is 5.53 Å². The molecule has 0 N–H and O–H groups in total. The van der Waals surface area contributed by atoms with E-state index in [2.05, 4.69) is 11.4 Å². The third kappa shape index (κ3) is 2.84. The number of sulfone groups is 1. The summed E-state index contributed by atoms with van der Waals surface area (Å²) in [5, 5.41) is -1.74. The summed E-state index contributed by atoms with van der Waals surface area (Å²) in [6.07, 6.45) is 1.23. The van der Waals surface area contributed by atoms with Crippen LogP contribution in [-0.4, -0.2) is 29.3 Å². The molecule has 0 saturated carbocycles. The van der Waals surface area contributed by atoms with Gasteiger partial charge in [-0.15, -0.1) is 11.4 Å². The molecule has 0 aromatic heterocycles. The van der Waals surface area contributed by atoms with Gasteiger partial charge >= 0.3 is 5.04 Å². The van der Waals surface area contributed by atoms with Gasteiger partial charge in [0.1, 0.15) is 0 Å². The fourth-order valence-corrected chi connectivity index (χ4v) is 2.96. The van der Waals surface area contributed by atoms with Crippen molar-refractivity contribution >= 4 is 20.7 Å². The van der Waals surface area contributed by atoms with Crippen LogP contribution in [0.5, 0.6) is 0 Å². The summed E-state index contributed by atoms with van der Waals surface area (Å²) in [5.74, 6) is -1.03. The Morgan fingerprint density at radius 3 is 2.13 bits per heavy atom. The number of hydrogen-bond acceptors (Lipinski definition) is 3. The maximum absolute atomic E-state index is 11.8. The smallest absolute Gasteiger partial charge is 0.360 e. The third-order valence-corrected chi connectivity index (χ3v) is 4.27. The maximum atomic E-state index is 11.8. The largest absolute Gasteiger partial charge is 0.447 e. The molecule has 5 nitrogen and oxygen atoms in total. The van der Waals surface area contributed by atoms with E-state index in [0.717, 1.165) is 6.92 Å². The molecule has 0 amide bonds. The summed E-state index contributed by atoms with van der Waals surface area (Å²) in [4.78, 5) is 13.5. The highest BCUT2D eigenvalue weighted by molar-refractivity contribution is 8.08. The van der Waals surface area contributed by atoms with Crippen molar-refractivity contribution in [3.05, 3.63) is 18.2 Å². The fourth-order valence-electron chi connectivity index (χ4n) is 1.21. The second kappa shape index (κ2) is 5.00. The van der Waals surface area contributed by atoms with Crippen LogP contribution in [0.1, 0.15) is 20.8 Å². The van der Waals surface area contributed by atoms with E-state index in [1.54, 1.807) is 13.8 Å². The molecule has 6 heteroatoms. The SMILES string of the molecule is C=CC(C(C)C)S(=O)(=O)C(=[N+]=[N-])C(C)=O. The minimum atomic E-state index is -3.93. The Hall–Kier alpha value is -1.26. The van der Waals surface area contributed by atoms with E-state index in [0.29, 0.717) is 0 Å². The standard InChI is InChI=1S/C9H14N2O3S/c1-5-8(6(2)3)15(13,14)9(11-10)7(4)12/h5-6,8H,1H2,2-4H3. The van der Waals surface area contributed by atoms with E-state index in [9.17, 15) is 13.2 Å². The van der Waals surface area contributed by atoms with Crippen LogP contribution in [0.4, 0.5) is 0 Å². The Balaban J connectivity index is 5.59. The average Bonchev–Trinajstić information content (AvgIpc) is 2.02. The second-order valence-electron chi connectivity index (χ2n) is 3.45. The molecule has 84 valence electrons. The van der Waals surface area contributed by atoms with Gasteiger partial charge in [0.15, 0.2) is 0 Å². The number of carbonyl (C=O) groups excluding carboxylic acids is 1. The normalized spacial score (nSPS) is 13.1. The summed E-state index contributed by atoms with van der Waals surface area (Å²) >= 11 is 0. The quantitative estimate of drug-likeness (QED) is 0.235. The Bertz CT molecular complexity index is 417. The molecule has 0 bridgehead atoms. The molecule has 0 rings (SSSR count). The van der Waals surface area contributed by atoms with Gasteiger partial charge in [-0.2, -0.15) is 0 Å². The van der Waals surface area contributed by atoms with Gasteiger partial charge in [-0.3, -0.25) is 4.79 Å². The molecule has 0 aliphatic heterocycles. The number of carbonyl (C=O) groups is 1. The van der Waals surface area contributed by atoms with Crippen molar-refractivity contribution in [1.82, 2.24) is 0 Å². The predicted molar refractivity (Wildman–Crippen MR) is 57.1 cm³/mol. The number of hydrogen-bond donors (Lipinski definition) is 0. The lowest BCUT2D eigenvalue weighted by Gasteiger charge is -2.13. The first-order chi connectivity index (χ1) is 6.78. The molecular formula is C9H14N2O3S. The number of rotatable bonds is 4. The zero-order valence-corrected chi connectivity index (χ0v) is 9.78. The highest BCUT2D eigenvalue weighted by Gasteiger charge is 2.40. The first-order valence-corrected chi connectivity index (χ1v) is 5.93. The highest BCUT2D eigenvalue weighted by Crippen LogP contribution is 2.15. The monoisotopic (exact) mass is 230 g/mol. The lowest BCUT2D eigenvalue weighted by Crippen LogP contribution is -2.35. The van der Waals surface area contributed by atoms with Crippen LogP contribution in [0.15, 0.2) is 12.7 Å². The van der Waals surface area contributed by atoms with Gasteiger partial charge in [0.05, 0.1) is 5.25 Å². The molecule has 0 aromatic carbocycles. The first-order valence-electron chi connectivity index (χ1n) is 4.38. The van der Waals surface area contributed by atoms with Crippen molar-refractivity contribution in [2.45, 2.75) is 26.0 Å². The first kappa shape index (κ1) is 13.7. The van der Waals surface area contributed by atoms with Gasteiger partial charge in [0, 0.05) is 6.92 Å². The minimum Gasteiger partial charge on any atom is -0.360 e. The molecular weight excluding hydrogens is 216 g/mol. The Labute approximate surface area is 89.3 Å². The summed E-state index contributed by atoms with van der Waals surface area (Å²) in [6, 6.07) is 0. The summed E-state index contributed by atoms with van der Waals surface area (Å²) in [7, 11) is -3.93. The summed E-state index contributed by atoms with van der Waals surface area (Å²) in [5.41, 5.74) is 8.51. The van der Waals surface area contributed by atoms with Gasteiger partial charge in [0.25, 0.3) is 15.6 Å². The topological polar surface area (TPSA) is 87.6 Å². The molecule has 15 heavy (non-hydrogen) atoms. The highest BCUT2D eigenvalue weighted by atomic mass is 32.2. The molecule has 0 fully saturated rings. The van der Waals surface area contributed by atoms with Crippen molar-refractivity contribution in [3.63, 3.8) is 0 Å². The van der Waals surface area contributed by atoms with E-state index < -0.39 is 25.9 Å². The van der Waals surface area contributed by atoms with Crippen LogP contribution in [0.2, 0.25) is 0 Å². The lowest BCUT2D eigenvalue weighted by atomic mass is 10.1. The molecule has 0 saturated heterocycles. The van der Waals surface area contributed by atoms with Gasteiger partial charge in [0.2, 0.25) is 0 Å². The zero-order chi connectivity index (χ0) is 12.2. The fraction of sp³-hybridized carbons (Fsp3) is 0.556. The van der Waals surface area contributed by atoms with Crippen molar-refractivity contribution in [3.8, 4) is 0 Å². The van der Waals surface area contributed by atoms with Crippen molar-refractivity contribution in [2.75, 3.05) is 0 Å². The van der Waals surface area contributed by atoms with Gasteiger partial charge in [-0.1, -0.05) is 19.9 Å². The van der Waals surface area contributed by atoms with Crippen molar-refractivity contribution in [1.29, 1.82) is 0 Å². The lowest BCUT2D eigenvalue weighted by molar-refractivity contribution is -0.114. The molecule has 1 atom stereocenters. The molecule has 1 unspecified atom stereocenters. The van der Waals surface area contributed by atoms with E-state index in [4.69, 9.17) is 5.53 Å². The maximum Gasteiger partial charge on any atom is 0.447 e. The number of ketones is 1. The van der Waals surface area contributed by atoms with E-state index in [-0.39, 0.29) is 5.92 Å². The average molecular weight is 230 g/mol. The predicted octanol–water partition coefficient (Wildman–Crippen LogP) is 0.829. The summed E-state index contributed by atoms with van der Waals surface area (Å²) < 4.78 is 23.6. The van der Waals surface area contributed by atoms with E-state index in [1.807, 2.05) is 0 Å². The second-order valence-corrected chi connectivity index (χ2v) is 5.47. The zero-order valence-electron chi connectivity index (χ0n) is 8.97. The van der Waals surface area contributed by atoms with E-state index >= 15 is 0 Å². The van der Waals surface area contributed by atoms with Crippen LogP contribution in [0.3, 0.4) is 0 Å². The molecule has 0 aromatic rings. The molecule has 0 radical (unpaired) electrons. The van der Waals surface area contributed by atoms with Crippen LogP contribution < -0.4 is 0 Å². The Kier molecular flexibility index (Phi) is 4.58. The Morgan fingerprint density at radius 2 is 1.93 bits per heavy atom. The van der Waals surface area contributed by atoms with Gasteiger partial charge in [-0.25, -0.2) is 8.42 Å². The van der Waals surface area contributed by atoms with Crippen LogP contribution in [0.25, 0.3) is 5.53 Å². The minimum absolute atomic E-state index is 0.247. The van der Waals surface area contributed by atoms with Crippen molar-refractivity contribution in [2.24, 2.45) is 5.92 Å². The molecule has 0 aliphatic carbocycles. The number of Topliss-reactive ketones (excluding diaryl/α,β-unsaturated/α-hetero) is 1. The van der Waals surface area contributed by atoms with E-state index in [1.165, 1.54) is 6.08 Å². The molecule has 0 spiro atoms. The summed E-state index contributed by atoms with van der Waals surface area (Å²) in [6.45, 7) is 7.79.